The minimum absolute atomic E-state index is 0.0261. The Morgan fingerprint density at radius 1 is 1.50 bits per heavy atom. The molecule has 16 heavy (non-hydrogen) atoms. The molecule has 0 aliphatic carbocycles. The van der Waals surface area contributed by atoms with Gasteiger partial charge in [0.1, 0.15) is 0 Å². The number of nitrogens with zero attached hydrogens (tertiary/aromatic N) is 3. The molecule has 1 aromatic carbocycles. The monoisotopic (exact) mass is 301 g/mol. The van der Waals surface area contributed by atoms with Crippen molar-refractivity contribution in [3.63, 3.8) is 0 Å². The lowest BCUT2D eigenvalue weighted by molar-refractivity contribution is 0.101. The zero-order valence-electron chi connectivity index (χ0n) is 7.74. The van der Waals surface area contributed by atoms with E-state index in [4.69, 9.17) is 11.6 Å². The molecule has 2 rings (SSSR count). The van der Waals surface area contributed by atoms with Gasteiger partial charge in [-0.05, 0) is 39.3 Å². The summed E-state index contributed by atoms with van der Waals surface area (Å²) in [7, 11) is 0. The van der Waals surface area contributed by atoms with Gasteiger partial charge in [0.2, 0.25) is 0 Å². The summed E-state index contributed by atoms with van der Waals surface area (Å²) in [5.74, 6) is -0.473. The van der Waals surface area contributed by atoms with Crippen LogP contribution in [0.15, 0.2) is 22.7 Å². The summed E-state index contributed by atoms with van der Waals surface area (Å²) in [6.07, 6.45) is 0. The number of amides is 1. The van der Waals surface area contributed by atoms with Gasteiger partial charge in [-0.3, -0.25) is 4.79 Å². The van der Waals surface area contributed by atoms with Crippen molar-refractivity contribution in [1.29, 1.82) is 0 Å². The van der Waals surface area contributed by atoms with Crippen molar-refractivity contribution in [2.75, 3.05) is 5.32 Å². The summed E-state index contributed by atoms with van der Waals surface area (Å²) >= 11 is 9.05. The van der Waals surface area contributed by atoms with Gasteiger partial charge in [-0.1, -0.05) is 11.6 Å². The molecule has 6 nitrogen and oxygen atoms in total. The molecule has 0 aliphatic rings. The Bertz CT molecular complexity index is 515. The average molecular weight is 303 g/mol. The maximum absolute atomic E-state index is 11.6. The molecule has 0 atom stereocenters. The third kappa shape index (κ3) is 2.37. The molecule has 0 unspecified atom stereocenters. The summed E-state index contributed by atoms with van der Waals surface area (Å²) in [5.41, 5.74) is 0.583. The van der Waals surface area contributed by atoms with Gasteiger partial charge in [0.05, 0.1) is 5.69 Å². The quantitative estimate of drug-likeness (QED) is 0.887. The lowest BCUT2D eigenvalue weighted by Gasteiger charge is -2.04. The number of tetrazole rings is 1. The predicted molar refractivity (Wildman–Crippen MR) is 61.3 cm³/mol. The van der Waals surface area contributed by atoms with Crippen LogP contribution in [0.1, 0.15) is 10.6 Å². The summed E-state index contributed by atoms with van der Waals surface area (Å²) in [5, 5.41) is 15.8. The first-order valence-electron chi connectivity index (χ1n) is 4.16. The molecule has 82 valence electrons. The van der Waals surface area contributed by atoms with Crippen LogP contribution < -0.4 is 5.32 Å². The van der Waals surface area contributed by atoms with E-state index in [2.05, 4.69) is 41.9 Å². The number of carbonyl (C=O) groups excluding carboxylic acids is 1. The number of hydrogen-bond donors (Lipinski definition) is 2. The van der Waals surface area contributed by atoms with Gasteiger partial charge >= 0.3 is 0 Å². The maximum atomic E-state index is 11.6. The van der Waals surface area contributed by atoms with Crippen LogP contribution in [0.5, 0.6) is 0 Å². The second-order valence-corrected chi connectivity index (χ2v) is 4.10. The Morgan fingerprint density at radius 2 is 2.31 bits per heavy atom. The van der Waals surface area contributed by atoms with Gasteiger partial charge in [0, 0.05) is 9.50 Å². The zero-order valence-corrected chi connectivity index (χ0v) is 10.1. The number of rotatable bonds is 2. The normalized spacial score (nSPS) is 10.1. The summed E-state index contributed by atoms with van der Waals surface area (Å²) in [6.45, 7) is 0. The molecule has 0 saturated carbocycles. The molecule has 0 fully saturated rings. The highest BCUT2D eigenvalue weighted by Crippen LogP contribution is 2.25. The average Bonchev–Trinajstić information content (AvgIpc) is 2.75. The Kier molecular flexibility index (Phi) is 3.16. The van der Waals surface area contributed by atoms with Crippen molar-refractivity contribution in [2.24, 2.45) is 0 Å². The fraction of sp³-hybridized carbons (Fsp3) is 0. The molecule has 1 aromatic heterocycles. The molecule has 0 saturated heterocycles. The van der Waals surface area contributed by atoms with E-state index >= 15 is 0 Å². The standard InChI is InChI=1S/C8H5BrClN5O/c9-5-3-4(10)1-2-6(5)11-8(16)7-12-14-15-13-7/h1-3H,(H,11,16)(H,12,13,14,15). The first-order chi connectivity index (χ1) is 7.66. The smallest absolute Gasteiger partial charge is 0.297 e. The van der Waals surface area contributed by atoms with Crippen LogP contribution in [0.3, 0.4) is 0 Å². The molecule has 2 aromatic rings. The number of H-pyrrole nitrogens is 1. The van der Waals surface area contributed by atoms with Gasteiger partial charge in [-0.2, -0.15) is 5.21 Å². The molecular weight excluding hydrogens is 297 g/mol. The molecule has 0 radical (unpaired) electrons. The van der Waals surface area contributed by atoms with E-state index in [1.165, 1.54) is 0 Å². The van der Waals surface area contributed by atoms with Crippen LogP contribution in [0.2, 0.25) is 5.02 Å². The van der Waals surface area contributed by atoms with E-state index in [9.17, 15) is 4.79 Å². The molecule has 0 bridgehead atoms. The molecule has 0 spiro atoms. The molecule has 0 aliphatic heterocycles. The van der Waals surface area contributed by atoms with Crippen LogP contribution >= 0.6 is 27.5 Å². The fourth-order valence-corrected chi connectivity index (χ4v) is 1.81. The number of halogens is 2. The van der Waals surface area contributed by atoms with Gasteiger partial charge in [0.25, 0.3) is 11.7 Å². The molecule has 2 N–H and O–H groups in total. The second kappa shape index (κ2) is 4.58. The van der Waals surface area contributed by atoms with Gasteiger partial charge in [-0.25, -0.2) is 0 Å². The highest BCUT2D eigenvalue weighted by molar-refractivity contribution is 9.10. The number of aromatic amines is 1. The van der Waals surface area contributed by atoms with Crippen molar-refractivity contribution in [3.8, 4) is 0 Å². The Labute approximate surface area is 104 Å². The highest BCUT2D eigenvalue weighted by atomic mass is 79.9. The zero-order chi connectivity index (χ0) is 11.5. The van der Waals surface area contributed by atoms with E-state index in [-0.39, 0.29) is 5.82 Å². The fourth-order valence-electron chi connectivity index (χ4n) is 1.03. The van der Waals surface area contributed by atoms with E-state index in [1.807, 2.05) is 0 Å². The SMILES string of the molecule is O=C(Nc1ccc(Cl)cc1Br)c1nn[nH]n1. The summed E-state index contributed by atoms with van der Waals surface area (Å²) in [4.78, 5) is 11.6. The van der Waals surface area contributed by atoms with E-state index in [0.29, 0.717) is 15.2 Å². The van der Waals surface area contributed by atoms with Crippen molar-refractivity contribution >= 4 is 39.1 Å². The van der Waals surface area contributed by atoms with Crippen LogP contribution in [0.25, 0.3) is 0 Å². The molecule has 8 heteroatoms. The van der Waals surface area contributed by atoms with Gasteiger partial charge in [-0.15, -0.1) is 10.2 Å². The first-order valence-corrected chi connectivity index (χ1v) is 5.34. The lowest BCUT2D eigenvalue weighted by atomic mass is 10.3. The Morgan fingerprint density at radius 3 is 2.94 bits per heavy atom. The van der Waals surface area contributed by atoms with Crippen molar-refractivity contribution < 1.29 is 4.79 Å². The summed E-state index contributed by atoms with van der Waals surface area (Å²) < 4.78 is 0.678. The number of carbonyl (C=O) groups is 1. The number of anilines is 1. The second-order valence-electron chi connectivity index (χ2n) is 2.81. The molecule has 1 amide bonds. The van der Waals surface area contributed by atoms with Crippen LogP contribution in [0, 0.1) is 0 Å². The van der Waals surface area contributed by atoms with E-state index < -0.39 is 5.91 Å². The number of hydrogen-bond acceptors (Lipinski definition) is 4. The Hall–Kier alpha value is -1.47. The van der Waals surface area contributed by atoms with Crippen molar-refractivity contribution in [2.45, 2.75) is 0 Å². The largest absolute Gasteiger partial charge is 0.318 e. The van der Waals surface area contributed by atoms with E-state index in [0.717, 1.165) is 0 Å². The third-order valence-corrected chi connectivity index (χ3v) is 2.62. The summed E-state index contributed by atoms with van der Waals surface area (Å²) in [6, 6.07) is 5.01. The van der Waals surface area contributed by atoms with Crippen LogP contribution in [0.4, 0.5) is 5.69 Å². The number of aromatic nitrogens is 4. The number of benzene rings is 1. The minimum Gasteiger partial charge on any atom is -0.318 e. The van der Waals surface area contributed by atoms with Gasteiger partial charge in [0.15, 0.2) is 0 Å². The maximum Gasteiger partial charge on any atom is 0.297 e. The third-order valence-electron chi connectivity index (χ3n) is 1.73. The predicted octanol–water partition coefficient (Wildman–Crippen LogP) is 1.87. The van der Waals surface area contributed by atoms with Crippen molar-refractivity contribution in [1.82, 2.24) is 20.6 Å². The highest BCUT2D eigenvalue weighted by Gasteiger charge is 2.12. The topological polar surface area (TPSA) is 83.6 Å². The molecular formula is C8H5BrClN5O. The van der Waals surface area contributed by atoms with Gasteiger partial charge < -0.3 is 5.32 Å². The lowest BCUT2D eigenvalue weighted by Crippen LogP contribution is -2.14. The number of nitrogens with one attached hydrogen (secondary N) is 2. The van der Waals surface area contributed by atoms with Crippen LogP contribution in [-0.2, 0) is 0 Å². The first kappa shape index (κ1) is 11.0. The Balaban J connectivity index is 2.18. The minimum atomic E-state index is -0.447. The van der Waals surface area contributed by atoms with Crippen LogP contribution in [-0.4, -0.2) is 26.5 Å². The molecule has 1 heterocycles. The van der Waals surface area contributed by atoms with E-state index in [1.54, 1.807) is 18.2 Å². The van der Waals surface area contributed by atoms with Crippen molar-refractivity contribution in [3.05, 3.63) is 33.5 Å².